The molecule has 2 aliphatic rings. The Morgan fingerprint density at radius 1 is 1.47 bits per heavy atom. The second-order valence-electron chi connectivity index (χ2n) is 6.07. The summed E-state index contributed by atoms with van der Waals surface area (Å²) < 4.78 is 5.93. The zero-order valence-electron chi connectivity index (χ0n) is 12.2. The summed E-state index contributed by atoms with van der Waals surface area (Å²) in [6.07, 6.45) is 7.15. The minimum atomic E-state index is 0.108. The number of nitrogens with zero attached hydrogens (tertiary/aromatic N) is 2. The average molecular weight is 260 g/mol. The molecule has 0 saturated carbocycles. The summed E-state index contributed by atoms with van der Waals surface area (Å²) in [7, 11) is 2.27. The highest BCUT2D eigenvalue weighted by Gasteiger charge is 2.51. The Morgan fingerprint density at radius 3 is 3.00 bits per heavy atom. The van der Waals surface area contributed by atoms with E-state index in [-0.39, 0.29) is 5.54 Å². The molecule has 2 fully saturated rings. The van der Waals surface area contributed by atoms with Crippen molar-refractivity contribution in [2.75, 3.05) is 13.7 Å². The first-order valence-corrected chi connectivity index (χ1v) is 7.43. The first kappa shape index (κ1) is 13.1. The van der Waals surface area contributed by atoms with Crippen LogP contribution in [0.4, 0.5) is 0 Å². The molecule has 0 aliphatic carbocycles. The molecule has 0 spiro atoms. The molecule has 2 aliphatic heterocycles. The summed E-state index contributed by atoms with van der Waals surface area (Å²) in [6.45, 7) is 5.01. The van der Waals surface area contributed by atoms with Crippen molar-refractivity contribution in [3.05, 3.63) is 29.6 Å². The van der Waals surface area contributed by atoms with E-state index >= 15 is 0 Å². The van der Waals surface area contributed by atoms with Crippen LogP contribution in [0.2, 0.25) is 0 Å². The van der Waals surface area contributed by atoms with Crippen LogP contribution in [0.25, 0.3) is 0 Å². The highest BCUT2D eigenvalue weighted by atomic mass is 16.5. The maximum atomic E-state index is 5.93. The smallest absolute Gasteiger partial charge is 0.0658 e. The maximum Gasteiger partial charge on any atom is 0.0658 e. The summed E-state index contributed by atoms with van der Waals surface area (Å²) in [4.78, 5) is 7.28. The van der Waals surface area contributed by atoms with E-state index in [1.165, 1.54) is 30.5 Å². The van der Waals surface area contributed by atoms with Crippen LogP contribution in [-0.2, 0) is 10.3 Å². The van der Waals surface area contributed by atoms with Gasteiger partial charge in [-0.15, -0.1) is 0 Å². The zero-order chi connectivity index (χ0) is 13.5. The van der Waals surface area contributed by atoms with Gasteiger partial charge < -0.3 is 4.74 Å². The van der Waals surface area contributed by atoms with Gasteiger partial charge >= 0.3 is 0 Å². The van der Waals surface area contributed by atoms with Crippen LogP contribution < -0.4 is 0 Å². The van der Waals surface area contributed by atoms with Gasteiger partial charge in [0.25, 0.3) is 0 Å². The van der Waals surface area contributed by atoms with Crippen LogP contribution >= 0.6 is 0 Å². The number of aromatic nitrogens is 1. The van der Waals surface area contributed by atoms with Crippen molar-refractivity contribution in [3.63, 3.8) is 0 Å². The Bertz CT molecular complexity index is 445. The quantitative estimate of drug-likeness (QED) is 0.835. The molecule has 0 aromatic carbocycles. The standard InChI is InChI=1S/C16H24N2O/c1-4-19-14-9-13-7-8-16(10-14,18(13)3)15-6-5-12(2)11-17-15/h5-6,11,13-14H,4,7-10H2,1-3H3. The molecule has 2 saturated heterocycles. The normalized spacial score (nSPS) is 34.7. The fourth-order valence-corrected chi connectivity index (χ4v) is 3.93. The van der Waals surface area contributed by atoms with Gasteiger partial charge in [0.2, 0.25) is 0 Å². The van der Waals surface area contributed by atoms with Crippen molar-refractivity contribution in [2.45, 2.75) is 57.2 Å². The monoisotopic (exact) mass is 260 g/mol. The second-order valence-corrected chi connectivity index (χ2v) is 6.07. The molecule has 3 nitrogen and oxygen atoms in total. The largest absolute Gasteiger partial charge is 0.378 e. The Labute approximate surface area is 116 Å². The van der Waals surface area contributed by atoms with Crippen LogP contribution in [-0.4, -0.2) is 35.7 Å². The second kappa shape index (κ2) is 4.88. The maximum absolute atomic E-state index is 5.93. The first-order valence-electron chi connectivity index (χ1n) is 7.43. The third kappa shape index (κ3) is 2.09. The number of hydrogen-bond donors (Lipinski definition) is 0. The number of fused-ring (bicyclic) bond motifs is 2. The van der Waals surface area contributed by atoms with E-state index in [0.717, 1.165) is 13.0 Å². The summed E-state index contributed by atoms with van der Waals surface area (Å²) >= 11 is 0. The lowest BCUT2D eigenvalue weighted by molar-refractivity contribution is -0.0458. The van der Waals surface area contributed by atoms with Gasteiger partial charge in [-0.1, -0.05) is 6.07 Å². The van der Waals surface area contributed by atoms with Gasteiger partial charge in [0, 0.05) is 18.8 Å². The molecule has 19 heavy (non-hydrogen) atoms. The highest BCUT2D eigenvalue weighted by molar-refractivity contribution is 5.24. The van der Waals surface area contributed by atoms with Crippen molar-refractivity contribution in [1.29, 1.82) is 0 Å². The topological polar surface area (TPSA) is 25.4 Å². The van der Waals surface area contributed by atoms with E-state index in [1.54, 1.807) is 0 Å². The number of aryl methyl sites for hydroxylation is 1. The fourth-order valence-electron chi connectivity index (χ4n) is 3.93. The predicted octanol–water partition coefficient (Wildman–Crippen LogP) is 2.88. The van der Waals surface area contributed by atoms with Crippen molar-refractivity contribution >= 4 is 0 Å². The number of rotatable bonds is 3. The highest BCUT2D eigenvalue weighted by Crippen LogP contribution is 2.49. The molecule has 104 valence electrons. The van der Waals surface area contributed by atoms with Crippen molar-refractivity contribution < 1.29 is 4.74 Å². The molecule has 0 amide bonds. The average Bonchev–Trinajstić information content (AvgIpc) is 2.61. The molecule has 3 atom stereocenters. The Kier molecular flexibility index (Phi) is 3.35. The van der Waals surface area contributed by atoms with Crippen molar-refractivity contribution in [1.82, 2.24) is 9.88 Å². The van der Waals surface area contributed by atoms with Crippen LogP contribution in [0, 0.1) is 6.92 Å². The fraction of sp³-hybridized carbons (Fsp3) is 0.688. The van der Waals surface area contributed by atoms with Crippen LogP contribution in [0.3, 0.4) is 0 Å². The van der Waals surface area contributed by atoms with Gasteiger partial charge in [0.05, 0.1) is 17.3 Å². The van der Waals surface area contributed by atoms with Gasteiger partial charge in [0.1, 0.15) is 0 Å². The van der Waals surface area contributed by atoms with Crippen LogP contribution in [0.15, 0.2) is 18.3 Å². The van der Waals surface area contributed by atoms with Crippen LogP contribution in [0.1, 0.15) is 43.9 Å². The van der Waals surface area contributed by atoms with Crippen molar-refractivity contribution in [3.8, 4) is 0 Å². The third-order valence-electron chi connectivity index (χ3n) is 5.00. The van der Waals surface area contributed by atoms with Gasteiger partial charge in [-0.25, -0.2) is 0 Å². The first-order chi connectivity index (χ1) is 9.15. The molecule has 1 aromatic rings. The number of pyridine rings is 1. The Hall–Kier alpha value is -0.930. The molecule has 0 radical (unpaired) electrons. The summed E-state index contributed by atoms with van der Waals surface area (Å²) in [5.74, 6) is 0. The molecule has 3 unspecified atom stereocenters. The van der Waals surface area contributed by atoms with Gasteiger partial charge in [-0.05, 0) is 58.2 Å². The van der Waals surface area contributed by atoms with Crippen LogP contribution in [0.5, 0.6) is 0 Å². The molecule has 1 aromatic heterocycles. The van der Waals surface area contributed by atoms with E-state index in [9.17, 15) is 0 Å². The lowest BCUT2D eigenvalue weighted by atomic mass is 9.83. The van der Waals surface area contributed by atoms with E-state index in [1.807, 2.05) is 6.20 Å². The Morgan fingerprint density at radius 2 is 2.32 bits per heavy atom. The van der Waals surface area contributed by atoms with E-state index < -0.39 is 0 Å². The number of hydrogen-bond acceptors (Lipinski definition) is 3. The van der Waals surface area contributed by atoms with E-state index in [4.69, 9.17) is 9.72 Å². The molecule has 2 bridgehead atoms. The van der Waals surface area contributed by atoms with Gasteiger partial charge in [-0.3, -0.25) is 9.88 Å². The minimum Gasteiger partial charge on any atom is -0.378 e. The molecule has 3 heteroatoms. The van der Waals surface area contributed by atoms with Gasteiger partial charge in [0.15, 0.2) is 0 Å². The molecular weight excluding hydrogens is 236 g/mol. The lowest BCUT2D eigenvalue weighted by Crippen LogP contribution is -2.50. The molecule has 3 heterocycles. The molecule has 3 rings (SSSR count). The zero-order valence-corrected chi connectivity index (χ0v) is 12.2. The molecule has 0 N–H and O–H groups in total. The number of ether oxygens (including phenoxy) is 1. The van der Waals surface area contributed by atoms with E-state index in [0.29, 0.717) is 12.1 Å². The van der Waals surface area contributed by atoms with Crippen molar-refractivity contribution in [2.24, 2.45) is 0 Å². The number of piperidine rings is 1. The SMILES string of the molecule is CCOC1CC2CCC(c3ccc(C)cn3)(C1)N2C. The third-order valence-corrected chi connectivity index (χ3v) is 5.00. The predicted molar refractivity (Wildman–Crippen MR) is 76.1 cm³/mol. The van der Waals surface area contributed by atoms with Gasteiger partial charge in [-0.2, -0.15) is 0 Å². The molecular formula is C16H24N2O. The lowest BCUT2D eigenvalue weighted by Gasteiger charge is -2.45. The summed E-state index contributed by atoms with van der Waals surface area (Å²) in [6, 6.07) is 5.05. The Balaban J connectivity index is 1.93. The minimum absolute atomic E-state index is 0.108. The summed E-state index contributed by atoms with van der Waals surface area (Å²) in [5.41, 5.74) is 2.57. The van der Waals surface area contributed by atoms with E-state index in [2.05, 4.69) is 37.9 Å². The summed E-state index contributed by atoms with van der Waals surface area (Å²) in [5, 5.41) is 0.